The molecule has 200 valence electrons. The third-order valence-electron chi connectivity index (χ3n) is 7.60. The molecule has 3 atom stereocenters. The first-order valence-electron chi connectivity index (χ1n) is 13.0. The van der Waals surface area contributed by atoms with E-state index in [4.69, 9.17) is 21.9 Å². The fourth-order valence-corrected chi connectivity index (χ4v) is 6.88. The van der Waals surface area contributed by atoms with Crippen LogP contribution in [0.15, 0.2) is 54.6 Å². The van der Waals surface area contributed by atoms with Crippen LogP contribution in [-0.2, 0) is 10.3 Å². The molecule has 0 saturated carbocycles. The number of aryl methyl sites for hydroxylation is 1. The van der Waals surface area contributed by atoms with Gasteiger partial charge in [-0.25, -0.2) is 4.98 Å². The Kier molecular flexibility index (Phi) is 6.35. The number of thiophene rings is 1. The van der Waals surface area contributed by atoms with Crippen molar-refractivity contribution in [2.24, 2.45) is 11.5 Å². The Balaban J connectivity index is 1.44. The summed E-state index contributed by atoms with van der Waals surface area (Å²) in [5.74, 6) is 0.370. The second-order valence-corrected chi connectivity index (χ2v) is 11.1. The Labute approximate surface area is 229 Å². The van der Waals surface area contributed by atoms with Crippen LogP contribution in [0.25, 0.3) is 10.1 Å². The molecule has 3 heterocycles. The number of Topliss-reactive ketones (excluding diaryl/α,β-unsaturated/α-hetero) is 1. The van der Waals surface area contributed by atoms with Crippen molar-refractivity contribution in [2.45, 2.75) is 37.4 Å². The van der Waals surface area contributed by atoms with E-state index in [-0.39, 0.29) is 11.9 Å². The molecule has 2 aliphatic rings. The van der Waals surface area contributed by atoms with Crippen LogP contribution in [0.2, 0.25) is 0 Å². The van der Waals surface area contributed by atoms with Crippen LogP contribution in [0.5, 0.6) is 11.6 Å². The van der Waals surface area contributed by atoms with Crippen molar-refractivity contribution in [3.63, 3.8) is 0 Å². The first-order valence-corrected chi connectivity index (χ1v) is 13.8. The molecule has 39 heavy (non-hydrogen) atoms. The maximum atomic E-state index is 14.0. The van der Waals surface area contributed by atoms with Crippen LogP contribution < -0.4 is 32.6 Å². The molecule has 2 aromatic heterocycles. The standard InChI is InChI=1S/C29H30N6O3S/c1-15-18(10-12-21(34-15)38-17-7-3-2-4-8-17)29(32)19-9-11-20(30)25-22(19)23(24(31)27(29)36)26(39-25)28(37)35-16-6-5-13-33-14-16/h2-4,7-12,16,24,33H,5-6,13-14,30-32H2,1H3,(H,35,37). The molecule has 9 nitrogen and oxygen atoms in total. The number of carbonyl (C=O) groups excluding carboxylic acids is 2. The maximum absolute atomic E-state index is 14.0. The van der Waals surface area contributed by atoms with Crippen LogP contribution in [0.4, 0.5) is 5.69 Å². The fourth-order valence-electron chi connectivity index (χ4n) is 5.67. The first kappa shape index (κ1) is 25.4. The summed E-state index contributed by atoms with van der Waals surface area (Å²) in [6, 6.07) is 15.2. The molecule has 6 rings (SSSR count). The van der Waals surface area contributed by atoms with Gasteiger partial charge >= 0.3 is 0 Å². The van der Waals surface area contributed by atoms with E-state index in [0.717, 1.165) is 19.4 Å². The van der Waals surface area contributed by atoms with Crippen molar-refractivity contribution in [3.8, 4) is 11.6 Å². The Hall–Kier alpha value is -3.83. The van der Waals surface area contributed by atoms with Gasteiger partial charge in [-0.2, -0.15) is 0 Å². The lowest BCUT2D eigenvalue weighted by Crippen LogP contribution is -2.53. The normalized spacial score (nSPS) is 22.6. The number of para-hydroxylation sites is 1. The summed E-state index contributed by atoms with van der Waals surface area (Å²) in [5.41, 5.74) is 21.0. The number of piperidine rings is 1. The third kappa shape index (κ3) is 4.16. The van der Waals surface area contributed by atoms with Crippen molar-refractivity contribution in [1.29, 1.82) is 0 Å². The van der Waals surface area contributed by atoms with Gasteiger partial charge in [-0.1, -0.05) is 24.3 Å². The van der Waals surface area contributed by atoms with Crippen LogP contribution in [0, 0.1) is 6.92 Å². The van der Waals surface area contributed by atoms with Gasteiger partial charge in [0, 0.05) is 46.5 Å². The fraction of sp³-hybridized carbons (Fsp3) is 0.276. The number of ketones is 1. The Morgan fingerprint density at radius 1 is 1.15 bits per heavy atom. The molecule has 0 radical (unpaired) electrons. The van der Waals surface area contributed by atoms with Gasteiger partial charge in [-0.3, -0.25) is 9.59 Å². The van der Waals surface area contributed by atoms with E-state index in [2.05, 4.69) is 15.6 Å². The van der Waals surface area contributed by atoms with Crippen LogP contribution in [0.3, 0.4) is 0 Å². The average molecular weight is 543 g/mol. The maximum Gasteiger partial charge on any atom is 0.262 e. The lowest BCUT2D eigenvalue weighted by molar-refractivity contribution is -0.124. The number of benzene rings is 2. The van der Waals surface area contributed by atoms with Crippen molar-refractivity contribution in [2.75, 3.05) is 18.8 Å². The van der Waals surface area contributed by atoms with Crippen LogP contribution in [-0.4, -0.2) is 35.8 Å². The van der Waals surface area contributed by atoms with E-state index >= 15 is 0 Å². The van der Waals surface area contributed by atoms with Gasteiger partial charge < -0.3 is 32.6 Å². The highest BCUT2D eigenvalue weighted by molar-refractivity contribution is 7.21. The van der Waals surface area contributed by atoms with E-state index in [9.17, 15) is 9.59 Å². The van der Waals surface area contributed by atoms with Crippen LogP contribution >= 0.6 is 11.3 Å². The molecule has 3 unspecified atom stereocenters. The topological polar surface area (TPSA) is 158 Å². The number of nitrogens with one attached hydrogen (secondary N) is 2. The number of ether oxygens (including phenoxy) is 1. The van der Waals surface area contributed by atoms with Crippen LogP contribution in [0.1, 0.15) is 50.9 Å². The van der Waals surface area contributed by atoms with Gasteiger partial charge in [0.2, 0.25) is 5.88 Å². The van der Waals surface area contributed by atoms with E-state index < -0.39 is 17.4 Å². The van der Waals surface area contributed by atoms with E-state index in [1.807, 2.05) is 30.3 Å². The SMILES string of the molecule is Cc1nc(Oc2ccccc2)ccc1C1(N)C(=O)C(N)c2c(C(=O)NC3CCCNC3)sc3c(N)ccc1c23. The average Bonchev–Trinajstić information content (AvgIpc) is 3.35. The zero-order valence-electron chi connectivity index (χ0n) is 21.5. The summed E-state index contributed by atoms with van der Waals surface area (Å²) < 4.78 is 6.57. The predicted molar refractivity (Wildman–Crippen MR) is 152 cm³/mol. The molecule has 1 amide bonds. The number of amides is 1. The molecule has 1 aliphatic heterocycles. The molecule has 10 heteroatoms. The van der Waals surface area contributed by atoms with E-state index in [1.165, 1.54) is 11.3 Å². The van der Waals surface area contributed by atoms with Gasteiger partial charge in [-0.05, 0) is 56.1 Å². The number of carbonyl (C=O) groups is 2. The lowest BCUT2D eigenvalue weighted by Gasteiger charge is -2.37. The highest BCUT2D eigenvalue weighted by atomic mass is 32.1. The van der Waals surface area contributed by atoms with Gasteiger partial charge in [0.15, 0.2) is 5.78 Å². The van der Waals surface area contributed by atoms with Crippen molar-refractivity contribution in [3.05, 3.63) is 81.9 Å². The minimum absolute atomic E-state index is 0.00920. The van der Waals surface area contributed by atoms with Gasteiger partial charge in [0.1, 0.15) is 11.3 Å². The summed E-state index contributed by atoms with van der Waals surface area (Å²) in [5, 5.41) is 7.08. The third-order valence-corrected chi connectivity index (χ3v) is 8.86. The largest absolute Gasteiger partial charge is 0.439 e. The quantitative estimate of drug-likeness (QED) is 0.240. The van der Waals surface area contributed by atoms with Crippen molar-refractivity contribution in [1.82, 2.24) is 15.6 Å². The monoisotopic (exact) mass is 542 g/mol. The van der Waals surface area contributed by atoms with Gasteiger partial charge in [0.05, 0.1) is 15.6 Å². The molecule has 4 aromatic rings. The molecule has 1 fully saturated rings. The zero-order valence-corrected chi connectivity index (χ0v) is 22.3. The number of nitrogens with zero attached hydrogens (tertiary/aromatic N) is 1. The predicted octanol–water partition coefficient (Wildman–Crippen LogP) is 3.25. The Bertz CT molecular complexity index is 1600. The van der Waals surface area contributed by atoms with Gasteiger partial charge in [-0.15, -0.1) is 11.3 Å². The number of aromatic nitrogens is 1. The number of pyridine rings is 1. The summed E-state index contributed by atoms with van der Waals surface area (Å²) in [6.07, 6.45) is 1.87. The highest BCUT2D eigenvalue weighted by Crippen LogP contribution is 2.49. The smallest absolute Gasteiger partial charge is 0.262 e. The molecular weight excluding hydrogens is 512 g/mol. The lowest BCUT2D eigenvalue weighted by atomic mass is 9.70. The zero-order chi connectivity index (χ0) is 27.3. The van der Waals surface area contributed by atoms with Crippen molar-refractivity contribution < 1.29 is 14.3 Å². The second kappa shape index (κ2) is 9.73. The molecule has 0 spiro atoms. The first-order chi connectivity index (χ1) is 18.8. The Morgan fingerprint density at radius 2 is 1.92 bits per heavy atom. The summed E-state index contributed by atoms with van der Waals surface area (Å²) in [6.45, 7) is 3.42. The number of nitrogens with two attached hydrogens (primary N) is 3. The summed E-state index contributed by atoms with van der Waals surface area (Å²) in [7, 11) is 0. The minimum atomic E-state index is -1.58. The highest BCUT2D eigenvalue weighted by Gasteiger charge is 2.49. The number of hydrogen-bond donors (Lipinski definition) is 5. The number of hydrogen-bond acceptors (Lipinski definition) is 9. The number of rotatable bonds is 5. The molecule has 8 N–H and O–H groups in total. The molecule has 1 saturated heterocycles. The van der Waals surface area contributed by atoms with E-state index in [0.29, 0.717) is 61.2 Å². The minimum Gasteiger partial charge on any atom is -0.439 e. The molecule has 1 aliphatic carbocycles. The molecular formula is C29H30N6O3S. The van der Waals surface area contributed by atoms with Crippen molar-refractivity contribution >= 4 is 38.8 Å². The summed E-state index contributed by atoms with van der Waals surface area (Å²) in [4.78, 5) is 32.5. The molecule has 0 bridgehead atoms. The Morgan fingerprint density at radius 3 is 2.64 bits per heavy atom. The number of anilines is 1. The summed E-state index contributed by atoms with van der Waals surface area (Å²) >= 11 is 1.25. The van der Waals surface area contributed by atoms with Gasteiger partial charge in [0.25, 0.3) is 5.91 Å². The number of nitrogen functional groups attached to an aromatic ring is 1. The molecule has 2 aromatic carbocycles. The van der Waals surface area contributed by atoms with E-state index in [1.54, 1.807) is 31.2 Å². The second-order valence-electron chi connectivity index (χ2n) is 10.1.